The van der Waals surface area contributed by atoms with Gasteiger partial charge in [0.15, 0.2) is 28.4 Å². The molecule has 0 saturated carbocycles. The van der Waals surface area contributed by atoms with Gasteiger partial charge >= 0.3 is 0 Å². The standard InChI is InChI=1S/C22H33ClN8O5.2ClH/c23-18-20(25)30-19(24)17(29-18)21(35)31(22(26)27)9-2-1-3-13-4-6-14(7-5-13)36-10-8-28-11-15(33)16(34)12-32;;/h4-7,15-16,28,32-34H,1-3,8-12H2,(H3,26,27)(H4,24,25,30);2*1H/t15-,16+;;/m0../s1. The second-order valence-electron chi connectivity index (χ2n) is 7.95. The van der Waals surface area contributed by atoms with E-state index in [0.29, 0.717) is 25.3 Å². The predicted molar refractivity (Wildman–Crippen MR) is 150 cm³/mol. The number of guanidine groups is 1. The van der Waals surface area contributed by atoms with Crippen LogP contribution < -0.4 is 27.3 Å². The molecule has 1 aromatic carbocycles. The number of amides is 1. The zero-order chi connectivity index (χ0) is 26.7. The first-order chi connectivity index (χ1) is 17.1. The molecule has 0 unspecified atom stereocenters. The zero-order valence-corrected chi connectivity index (χ0v) is 22.9. The number of anilines is 2. The quantitative estimate of drug-likeness (QED) is 0.0831. The van der Waals surface area contributed by atoms with Crippen LogP contribution in [0.25, 0.3) is 0 Å². The van der Waals surface area contributed by atoms with Gasteiger partial charge in [0.1, 0.15) is 18.5 Å². The number of aliphatic hydroxyl groups is 3. The minimum Gasteiger partial charge on any atom is -0.492 e. The molecule has 1 aromatic heterocycles. The van der Waals surface area contributed by atoms with E-state index in [4.69, 9.17) is 44.1 Å². The highest BCUT2D eigenvalue weighted by molar-refractivity contribution is 6.31. The maximum absolute atomic E-state index is 12.7. The fourth-order valence-corrected chi connectivity index (χ4v) is 3.29. The lowest BCUT2D eigenvalue weighted by Crippen LogP contribution is -2.42. The zero-order valence-electron chi connectivity index (χ0n) is 20.5. The number of nitrogen functional groups attached to an aromatic ring is 2. The van der Waals surface area contributed by atoms with E-state index in [1.165, 1.54) is 0 Å². The van der Waals surface area contributed by atoms with E-state index < -0.39 is 30.7 Å². The number of carbonyl (C=O) groups is 1. The molecule has 0 fully saturated rings. The molecular weight excluding hydrogens is 563 g/mol. The molecule has 0 radical (unpaired) electrons. The number of hydrogen-bond donors (Lipinski definition) is 8. The number of halogens is 3. The summed E-state index contributed by atoms with van der Waals surface area (Å²) in [6, 6.07) is 7.56. The van der Waals surface area contributed by atoms with Crippen LogP contribution >= 0.6 is 36.4 Å². The number of aryl methyl sites for hydroxylation is 1. The number of nitrogens with two attached hydrogens (primary N) is 3. The number of benzene rings is 1. The molecule has 0 saturated heterocycles. The summed E-state index contributed by atoms with van der Waals surface area (Å²) in [6.45, 7) is 0.662. The van der Waals surface area contributed by atoms with Gasteiger partial charge in [-0.15, -0.1) is 24.8 Å². The molecule has 13 nitrogen and oxygen atoms in total. The lowest BCUT2D eigenvalue weighted by atomic mass is 10.1. The lowest BCUT2D eigenvalue weighted by molar-refractivity contribution is -0.0130. The summed E-state index contributed by atoms with van der Waals surface area (Å²) >= 11 is 5.84. The Bertz CT molecular complexity index is 1020. The van der Waals surface area contributed by atoms with E-state index in [1.807, 2.05) is 24.3 Å². The molecule has 2 rings (SSSR count). The van der Waals surface area contributed by atoms with Crippen molar-refractivity contribution in [3.05, 3.63) is 40.7 Å². The van der Waals surface area contributed by atoms with Crippen LogP contribution in [0.5, 0.6) is 5.75 Å². The molecule has 2 atom stereocenters. The van der Waals surface area contributed by atoms with Gasteiger partial charge in [-0.05, 0) is 37.0 Å². The number of unbranched alkanes of at least 4 members (excludes halogenated alkanes) is 1. The van der Waals surface area contributed by atoms with Crippen LogP contribution in [0, 0.1) is 5.41 Å². The molecule has 0 aliphatic carbocycles. The van der Waals surface area contributed by atoms with Crippen molar-refractivity contribution < 1.29 is 24.9 Å². The summed E-state index contributed by atoms with van der Waals surface area (Å²) in [5, 5.41) is 38.1. The van der Waals surface area contributed by atoms with Gasteiger partial charge in [0.25, 0.3) is 5.91 Å². The van der Waals surface area contributed by atoms with E-state index in [0.717, 1.165) is 23.3 Å². The highest BCUT2D eigenvalue weighted by atomic mass is 35.5. The van der Waals surface area contributed by atoms with Gasteiger partial charge in [0.05, 0.1) is 12.7 Å². The molecule has 0 aliphatic heterocycles. The number of nitrogens with zero attached hydrogens (tertiary/aromatic N) is 3. The van der Waals surface area contributed by atoms with Gasteiger partial charge in [-0.3, -0.25) is 15.1 Å². The van der Waals surface area contributed by atoms with Gasteiger partial charge in [0, 0.05) is 19.6 Å². The Kier molecular flexibility index (Phi) is 16.5. The second-order valence-corrected chi connectivity index (χ2v) is 8.30. The summed E-state index contributed by atoms with van der Waals surface area (Å²) in [5.41, 5.74) is 17.7. The maximum atomic E-state index is 12.7. The predicted octanol–water partition coefficient (Wildman–Crippen LogP) is 0.179. The number of nitrogens with one attached hydrogen (secondary N) is 2. The Morgan fingerprint density at radius 2 is 1.76 bits per heavy atom. The minimum atomic E-state index is -1.17. The molecule has 2 aromatic rings. The normalized spacial score (nSPS) is 12.0. The van der Waals surface area contributed by atoms with Crippen molar-refractivity contribution in [2.45, 2.75) is 31.5 Å². The number of aromatic nitrogens is 2. The van der Waals surface area contributed by atoms with Crippen molar-refractivity contribution in [1.29, 1.82) is 5.41 Å². The van der Waals surface area contributed by atoms with Crippen LogP contribution in [0.2, 0.25) is 5.15 Å². The largest absolute Gasteiger partial charge is 0.492 e. The van der Waals surface area contributed by atoms with Crippen LogP contribution in [0.15, 0.2) is 24.3 Å². The van der Waals surface area contributed by atoms with E-state index in [9.17, 15) is 15.0 Å². The Labute approximate surface area is 238 Å². The van der Waals surface area contributed by atoms with Gasteiger partial charge in [-0.1, -0.05) is 23.7 Å². The highest BCUT2D eigenvalue weighted by Crippen LogP contribution is 2.19. The van der Waals surface area contributed by atoms with Crippen molar-refractivity contribution in [2.24, 2.45) is 5.73 Å². The number of carbonyl (C=O) groups excluding carboxylic acids is 1. The third-order valence-corrected chi connectivity index (χ3v) is 5.47. The second kappa shape index (κ2) is 17.8. The first-order valence-electron chi connectivity index (χ1n) is 11.3. The monoisotopic (exact) mass is 596 g/mol. The Balaban J connectivity index is 0.00000684. The third-order valence-electron chi connectivity index (χ3n) is 5.20. The number of ether oxygens (including phenoxy) is 1. The Hall–Kier alpha value is -2.65. The number of rotatable bonds is 14. The molecule has 38 heavy (non-hydrogen) atoms. The van der Waals surface area contributed by atoms with Crippen LogP contribution in [-0.2, 0) is 6.42 Å². The number of hydrogen-bond acceptors (Lipinski definition) is 11. The Morgan fingerprint density at radius 3 is 2.37 bits per heavy atom. The maximum Gasteiger partial charge on any atom is 0.283 e. The fraction of sp³-hybridized carbons (Fsp3) is 0.455. The van der Waals surface area contributed by atoms with E-state index in [1.54, 1.807) is 0 Å². The molecule has 16 heteroatoms. The molecule has 0 bridgehead atoms. The van der Waals surface area contributed by atoms with Crippen LogP contribution in [0.4, 0.5) is 11.6 Å². The summed E-state index contributed by atoms with van der Waals surface area (Å²) in [7, 11) is 0. The van der Waals surface area contributed by atoms with E-state index in [2.05, 4.69) is 15.3 Å². The average molecular weight is 598 g/mol. The summed E-state index contributed by atoms with van der Waals surface area (Å²) in [5.74, 6) is -0.716. The van der Waals surface area contributed by atoms with Crippen molar-refractivity contribution in [1.82, 2.24) is 20.2 Å². The fourth-order valence-electron chi connectivity index (χ4n) is 3.16. The van der Waals surface area contributed by atoms with E-state index in [-0.39, 0.29) is 60.4 Å². The SMILES string of the molecule is Cl.Cl.N=C(N)N(CCCCc1ccc(OCCNC[C@H](O)[C@H](O)CO)cc1)C(=O)c1nc(Cl)c(N)nc1N. The van der Waals surface area contributed by atoms with Crippen LogP contribution in [0.1, 0.15) is 28.9 Å². The molecule has 0 aliphatic rings. The van der Waals surface area contributed by atoms with E-state index >= 15 is 0 Å². The topological polar surface area (TPSA) is 230 Å². The average Bonchev–Trinajstić information content (AvgIpc) is 2.85. The van der Waals surface area contributed by atoms with Crippen molar-refractivity contribution in [3.8, 4) is 5.75 Å². The first-order valence-corrected chi connectivity index (χ1v) is 11.7. The van der Waals surface area contributed by atoms with Crippen LogP contribution in [0.3, 0.4) is 0 Å². The van der Waals surface area contributed by atoms with Gasteiger partial charge in [-0.25, -0.2) is 9.97 Å². The molecule has 214 valence electrons. The summed E-state index contributed by atoms with van der Waals surface area (Å²) < 4.78 is 5.63. The first kappa shape index (κ1) is 35.4. The van der Waals surface area contributed by atoms with Gasteiger partial charge < -0.3 is 42.6 Å². The number of aliphatic hydroxyl groups excluding tert-OH is 3. The minimum absolute atomic E-state index is 0. The Morgan fingerprint density at radius 1 is 1.11 bits per heavy atom. The van der Waals surface area contributed by atoms with Gasteiger partial charge in [-0.2, -0.15) is 0 Å². The third kappa shape index (κ3) is 11.0. The molecule has 0 spiro atoms. The van der Waals surface area contributed by atoms with Crippen molar-refractivity contribution in [2.75, 3.05) is 44.3 Å². The van der Waals surface area contributed by atoms with Crippen molar-refractivity contribution >= 4 is 59.9 Å². The van der Waals surface area contributed by atoms with Crippen molar-refractivity contribution in [3.63, 3.8) is 0 Å². The van der Waals surface area contributed by atoms with Crippen LogP contribution in [-0.4, -0.2) is 87.1 Å². The molecular formula is C22H35Cl3N8O5. The van der Waals surface area contributed by atoms with Gasteiger partial charge in [0.2, 0.25) is 0 Å². The summed E-state index contributed by atoms with van der Waals surface area (Å²) in [4.78, 5) is 21.5. The molecule has 11 N–H and O–H groups in total. The summed E-state index contributed by atoms with van der Waals surface area (Å²) in [6.07, 6.45) is -0.178. The lowest BCUT2D eigenvalue weighted by Gasteiger charge is -2.20. The molecule has 1 heterocycles. The highest BCUT2D eigenvalue weighted by Gasteiger charge is 2.24. The smallest absolute Gasteiger partial charge is 0.283 e. The molecule has 1 amide bonds.